The van der Waals surface area contributed by atoms with Gasteiger partial charge in [0.05, 0.1) is 22.8 Å². The van der Waals surface area contributed by atoms with E-state index in [1.54, 1.807) is 11.3 Å². The van der Waals surface area contributed by atoms with Crippen LogP contribution in [0.15, 0.2) is 24.3 Å². The molecule has 0 aliphatic carbocycles. The number of benzene rings is 1. The Labute approximate surface area is 130 Å². The van der Waals surface area contributed by atoms with E-state index in [4.69, 9.17) is 0 Å². The van der Waals surface area contributed by atoms with Crippen LogP contribution in [0.3, 0.4) is 0 Å². The van der Waals surface area contributed by atoms with E-state index in [2.05, 4.69) is 30.2 Å². The number of nitrogens with zero attached hydrogens (tertiary/aromatic N) is 2. The summed E-state index contributed by atoms with van der Waals surface area (Å²) in [5.41, 5.74) is 1.03. The van der Waals surface area contributed by atoms with Crippen LogP contribution in [0.5, 0.6) is 0 Å². The van der Waals surface area contributed by atoms with Gasteiger partial charge in [-0.1, -0.05) is 19.1 Å². The summed E-state index contributed by atoms with van der Waals surface area (Å²) >= 11 is 1.69. The van der Waals surface area contributed by atoms with Crippen molar-refractivity contribution in [2.75, 3.05) is 13.6 Å². The maximum absolute atomic E-state index is 12.0. The summed E-state index contributed by atoms with van der Waals surface area (Å²) in [5.74, 6) is 0.0693. The lowest BCUT2D eigenvalue weighted by Crippen LogP contribution is -2.40. The minimum absolute atomic E-state index is 0.0693. The fraction of sp³-hybridized carbons (Fsp3) is 0.500. The van der Waals surface area contributed by atoms with Gasteiger partial charge in [-0.05, 0) is 39.4 Å². The fourth-order valence-electron chi connectivity index (χ4n) is 2.04. The molecule has 1 aromatic carbocycles. The second-order valence-corrected chi connectivity index (χ2v) is 6.55. The topological polar surface area (TPSA) is 45.2 Å². The molecule has 114 valence electrons. The molecule has 21 heavy (non-hydrogen) atoms. The highest BCUT2D eigenvalue weighted by Gasteiger charge is 2.18. The summed E-state index contributed by atoms with van der Waals surface area (Å²) in [6, 6.07) is 8.49. The first kappa shape index (κ1) is 15.9. The van der Waals surface area contributed by atoms with Gasteiger partial charge in [-0.2, -0.15) is 0 Å². The second-order valence-electron chi connectivity index (χ2n) is 5.49. The molecule has 2 aromatic rings. The number of thiazole rings is 1. The molecule has 1 heterocycles. The number of aromatic nitrogens is 1. The Balaban J connectivity index is 2.01. The number of carbonyl (C=O) groups excluding carboxylic acids is 1. The molecule has 0 aliphatic rings. The van der Waals surface area contributed by atoms with Crippen molar-refractivity contribution >= 4 is 27.5 Å². The Morgan fingerprint density at radius 2 is 2.10 bits per heavy atom. The van der Waals surface area contributed by atoms with Crippen LogP contribution in [-0.2, 0) is 4.79 Å². The van der Waals surface area contributed by atoms with Gasteiger partial charge in [0.25, 0.3) is 0 Å². The molecule has 0 saturated carbocycles. The zero-order chi connectivity index (χ0) is 15.4. The van der Waals surface area contributed by atoms with Gasteiger partial charge >= 0.3 is 0 Å². The van der Waals surface area contributed by atoms with Crippen molar-refractivity contribution in [2.24, 2.45) is 0 Å². The highest BCUT2D eigenvalue weighted by Crippen LogP contribution is 2.28. The molecular formula is C16H23N3OS. The molecule has 0 unspecified atom stereocenters. The number of amides is 1. The van der Waals surface area contributed by atoms with Crippen molar-refractivity contribution in [1.82, 2.24) is 15.2 Å². The number of hydrogen-bond acceptors (Lipinski definition) is 4. The first-order valence-electron chi connectivity index (χ1n) is 7.36. The van der Waals surface area contributed by atoms with E-state index in [-0.39, 0.29) is 18.0 Å². The Hall–Kier alpha value is -1.46. The van der Waals surface area contributed by atoms with Crippen molar-refractivity contribution in [3.05, 3.63) is 29.3 Å². The third kappa shape index (κ3) is 4.02. The van der Waals surface area contributed by atoms with Gasteiger partial charge < -0.3 is 5.32 Å². The fourth-order valence-corrected chi connectivity index (χ4v) is 3.13. The van der Waals surface area contributed by atoms with Gasteiger partial charge in [-0.3, -0.25) is 9.69 Å². The van der Waals surface area contributed by atoms with Crippen LogP contribution in [0.4, 0.5) is 0 Å². The van der Waals surface area contributed by atoms with Gasteiger partial charge in [-0.15, -0.1) is 11.3 Å². The molecule has 1 N–H and O–H groups in total. The van der Waals surface area contributed by atoms with Crippen molar-refractivity contribution in [2.45, 2.75) is 39.3 Å². The first-order chi connectivity index (χ1) is 10.0. The molecule has 0 fully saturated rings. The van der Waals surface area contributed by atoms with Crippen LogP contribution in [-0.4, -0.2) is 35.4 Å². The van der Waals surface area contributed by atoms with Crippen molar-refractivity contribution in [3.63, 3.8) is 0 Å². The average molecular weight is 305 g/mol. The minimum atomic E-state index is 0.0693. The smallest absolute Gasteiger partial charge is 0.234 e. The Morgan fingerprint density at radius 3 is 2.76 bits per heavy atom. The standard InChI is InChI=1S/C16H23N3OS/c1-5-11(2)17-15(20)10-19(4)12(3)16-18-13-8-6-7-9-14(13)21-16/h6-9,11-12H,5,10H2,1-4H3,(H,17,20)/t11-,12-/m0/s1. The van der Waals surface area contributed by atoms with Crippen LogP contribution >= 0.6 is 11.3 Å². The zero-order valence-electron chi connectivity index (χ0n) is 13.1. The molecule has 1 aromatic heterocycles. The van der Waals surface area contributed by atoms with Crippen LogP contribution < -0.4 is 5.32 Å². The van der Waals surface area contributed by atoms with Crippen molar-refractivity contribution in [1.29, 1.82) is 0 Å². The maximum atomic E-state index is 12.0. The normalized spacial score (nSPS) is 14.3. The highest BCUT2D eigenvalue weighted by atomic mass is 32.1. The van der Waals surface area contributed by atoms with E-state index in [0.29, 0.717) is 6.54 Å². The van der Waals surface area contributed by atoms with Gasteiger partial charge in [0.15, 0.2) is 0 Å². The molecule has 0 spiro atoms. The number of likely N-dealkylation sites (N-methyl/N-ethyl adjacent to an activating group) is 1. The zero-order valence-corrected chi connectivity index (χ0v) is 13.9. The Morgan fingerprint density at radius 1 is 1.38 bits per heavy atom. The number of carbonyl (C=O) groups is 1. The molecule has 0 aliphatic heterocycles. The number of hydrogen-bond donors (Lipinski definition) is 1. The van der Waals surface area contributed by atoms with Crippen LogP contribution in [0, 0.1) is 0 Å². The summed E-state index contributed by atoms with van der Waals surface area (Å²) in [7, 11) is 1.97. The summed E-state index contributed by atoms with van der Waals surface area (Å²) in [6.07, 6.45) is 0.947. The molecular weight excluding hydrogens is 282 g/mol. The first-order valence-corrected chi connectivity index (χ1v) is 8.18. The number of fused-ring (bicyclic) bond motifs is 1. The molecule has 2 atom stereocenters. The predicted octanol–water partition coefficient (Wildman–Crippen LogP) is 3.20. The molecule has 2 rings (SSSR count). The SMILES string of the molecule is CC[C@H](C)NC(=O)CN(C)[C@@H](C)c1nc2ccccc2s1. The quantitative estimate of drug-likeness (QED) is 0.891. The molecule has 4 nitrogen and oxygen atoms in total. The lowest BCUT2D eigenvalue weighted by molar-refractivity contribution is -0.123. The minimum Gasteiger partial charge on any atom is -0.353 e. The summed E-state index contributed by atoms with van der Waals surface area (Å²) in [4.78, 5) is 18.7. The van der Waals surface area contributed by atoms with E-state index in [9.17, 15) is 4.79 Å². The largest absolute Gasteiger partial charge is 0.353 e. The van der Waals surface area contributed by atoms with E-state index >= 15 is 0 Å². The van der Waals surface area contributed by atoms with E-state index in [1.807, 2.05) is 37.1 Å². The summed E-state index contributed by atoms with van der Waals surface area (Å²) in [6.45, 7) is 6.57. The summed E-state index contributed by atoms with van der Waals surface area (Å²) < 4.78 is 1.19. The molecule has 0 bridgehead atoms. The number of para-hydroxylation sites is 1. The Bertz CT molecular complexity index is 577. The third-order valence-corrected chi connectivity index (χ3v) is 4.95. The summed E-state index contributed by atoms with van der Waals surface area (Å²) in [5, 5.41) is 4.05. The second kappa shape index (κ2) is 7.00. The average Bonchev–Trinajstić information content (AvgIpc) is 2.89. The van der Waals surface area contributed by atoms with E-state index in [0.717, 1.165) is 16.9 Å². The van der Waals surface area contributed by atoms with Gasteiger partial charge in [0.2, 0.25) is 5.91 Å². The number of rotatable bonds is 6. The molecule has 0 radical (unpaired) electrons. The van der Waals surface area contributed by atoms with Gasteiger partial charge in [0, 0.05) is 6.04 Å². The van der Waals surface area contributed by atoms with Gasteiger partial charge in [-0.25, -0.2) is 4.98 Å². The van der Waals surface area contributed by atoms with Crippen molar-refractivity contribution < 1.29 is 4.79 Å². The van der Waals surface area contributed by atoms with E-state index in [1.165, 1.54) is 4.70 Å². The monoisotopic (exact) mass is 305 g/mol. The molecule has 0 saturated heterocycles. The predicted molar refractivity (Wildman–Crippen MR) is 88.6 cm³/mol. The van der Waals surface area contributed by atoms with Crippen LogP contribution in [0.1, 0.15) is 38.2 Å². The Kier molecular flexibility index (Phi) is 5.31. The third-order valence-electron chi connectivity index (χ3n) is 3.74. The van der Waals surface area contributed by atoms with Gasteiger partial charge in [0.1, 0.15) is 5.01 Å². The van der Waals surface area contributed by atoms with Crippen molar-refractivity contribution in [3.8, 4) is 0 Å². The van der Waals surface area contributed by atoms with E-state index < -0.39 is 0 Å². The van der Waals surface area contributed by atoms with Crippen LogP contribution in [0.25, 0.3) is 10.2 Å². The highest BCUT2D eigenvalue weighted by molar-refractivity contribution is 7.18. The molecule has 1 amide bonds. The lowest BCUT2D eigenvalue weighted by Gasteiger charge is -2.23. The number of nitrogens with one attached hydrogen (secondary N) is 1. The lowest BCUT2D eigenvalue weighted by atomic mass is 10.2. The molecule has 5 heteroatoms. The maximum Gasteiger partial charge on any atom is 0.234 e. The van der Waals surface area contributed by atoms with Crippen LogP contribution in [0.2, 0.25) is 0 Å².